The topological polar surface area (TPSA) is 64.6 Å². The van der Waals surface area contributed by atoms with E-state index in [9.17, 15) is 9.59 Å². The van der Waals surface area contributed by atoms with E-state index in [2.05, 4.69) is 5.32 Å². The number of carbonyl (C=O) groups excluding carboxylic acids is 2. The summed E-state index contributed by atoms with van der Waals surface area (Å²) in [5.74, 6) is -0.318. The third-order valence-corrected chi connectivity index (χ3v) is 3.53. The maximum Gasteiger partial charge on any atom is 0.339 e. The lowest BCUT2D eigenvalue weighted by Gasteiger charge is -2.14. The average molecular weight is 362 g/mol. The molecule has 0 aliphatic carbocycles. The normalized spacial score (nSPS) is 10.4. The molecular formula is C19H20ClNO4. The fraction of sp³-hybridized carbons (Fsp3) is 0.263. The van der Waals surface area contributed by atoms with Gasteiger partial charge in [-0.1, -0.05) is 23.7 Å². The Morgan fingerprint density at radius 2 is 1.84 bits per heavy atom. The number of ether oxygens (including phenoxy) is 2. The molecule has 1 amide bonds. The first-order valence-electron chi connectivity index (χ1n) is 7.96. The quantitative estimate of drug-likeness (QED) is 0.766. The van der Waals surface area contributed by atoms with E-state index >= 15 is 0 Å². The number of halogens is 1. The highest BCUT2D eigenvalue weighted by Crippen LogP contribution is 2.24. The van der Waals surface area contributed by atoms with Crippen LogP contribution >= 0.6 is 11.6 Å². The van der Waals surface area contributed by atoms with Gasteiger partial charge in [-0.15, -0.1) is 0 Å². The van der Waals surface area contributed by atoms with Gasteiger partial charge in [-0.25, -0.2) is 4.79 Å². The van der Waals surface area contributed by atoms with Gasteiger partial charge < -0.3 is 14.8 Å². The Labute approximate surface area is 151 Å². The Morgan fingerprint density at radius 1 is 1.12 bits per heavy atom. The Bertz CT molecular complexity index is 774. The second-order valence-electron chi connectivity index (χ2n) is 5.53. The lowest BCUT2D eigenvalue weighted by Crippen LogP contribution is -2.16. The molecule has 25 heavy (non-hydrogen) atoms. The van der Waals surface area contributed by atoms with E-state index in [4.69, 9.17) is 21.1 Å². The molecular weight excluding hydrogens is 342 g/mol. The van der Waals surface area contributed by atoms with E-state index in [0.29, 0.717) is 17.0 Å². The predicted molar refractivity (Wildman–Crippen MR) is 97.6 cm³/mol. The fourth-order valence-electron chi connectivity index (χ4n) is 2.18. The number of rotatable bonds is 6. The second-order valence-corrected chi connectivity index (χ2v) is 5.94. The zero-order valence-electron chi connectivity index (χ0n) is 14.3. The van der Waals surface area contributed by atoms with Crippen LogP contribution in [0.5, 0.6) is 5.75 Å². The van der Waals surface area contributed by atoms with Crippen molar-refractivity contribution in [1.82, 2.24) is 0 Å². The van der Waals surface area contributed by atoms with Gasteiger partial charge in [0, 0.05) is 5.69 Å². The predicted octanol–water partition coefficient (Wildman–Crippen LogP) is 4.56. The highest BCUT2D eigenvalue weighted by atomic mass is 35.5. The number of hydrogen-bond acceptors (Lipinski definition) is 4. The second kappa shape index (κ2) is 8.53. The molecule has 0 radical (unpaired) electrons. The van der Waals surface area contributed by atoms with E-state index in [0.717, 1.165) is 0 Å². The van der Waals surface area contributed by atoms with Crippen molar-refractivity contribution in [3.05, 3.63) is 58.6 Å². The largest absolute Gasteiger partial charge is 0.490 e. The molecule has 2 aromatic rings. The molecule has 0 unspecified atom stereocenters. The van der Waals surface area contributed by atoms with Crippen molar-refractivity contribution in [2.45, 2.75) is 26.9 Å². The molecule has 2 rings (SSSR count). The minimum atomic E-state index is -0.499. The van der Waals surface area contributed by atoms with Crippen molar-refractivity contribution in [1.29, 1.82) is 0 Å². The van der Waals surface area contributed by atoms with Crippen LogP contribution in [0, 0.1) is 0 Å². The molecule has 0 aliphatic rings. The summed E-state index contributed by atoms with van der Waals surface area (Å²) < 4.78 is 10.6. The van der Waals surface area contributed by atoms with Crippen LogP contribution in [0.3, 0.4) is 0 Å². The van der Waals surface area contributed by atoms with Gasteiger partial charge in [0.2, 0.25) is 0 Å². The molecule has 5 nitrogen and oxygen atoms in total. The van der Waals surface area contributed by atoms with Crippen molar-refractivity contribution in [3.8, 4) is 5.75 Å². The number of hydrogen-bond donors (Lipinski definition) is 1. The van der Waals surface area contributed by atoms with E-state index in [1.807, 2.05) is 13.8 Å². The van der Waals surface area contributed by atoms with Gasteiger partial charge in [0.25, 0.3) is 5.91 Å². The van der Waals surface area contributed by atoms with Crippen LogP contribution in [0.25, 0.3) is 0 Å². The summed E-state index contributed by atoms with van der Waals surface area (Å²) in [7, 11) is 0. The van der Waals surface area contributed by atoms with Gasteiger partial charge in [-0.05, 0) is 51.1 Å². The van der Waals surface area contributed by atoms with Crippen molar-refractivity contribution in [2.24, 2.45) is 0 Å². The monoisotopic (exact) mass is 361 g/mol. The lowest BCUT2D eigenvalue weighted by atomic mass is 10.1. The maximum absolute atomic E-state index is 12.5. The molecule has 0 bridgehead atoms. The summed E-state index contributed by atoms with van der Waals surface area (Å²) in [4.78, 5) is 24.3. The molecule has 0 aliphatic heterocycles. The van der Waals surface area contributed by atoms with E-state index in [1.165, 1.54) is 12.1 Å². The molecule has 0 aromatic heterocycles. The lowest BCUT2D eigenvalue weighted by molar-refractivity contribution is 0.0526. The zero-order chi connectivity index (χ0) is 18.4. The van der Waals surface area contributed by atoms with Gasteiger partial charge in [-0.3, -0.25) is 4.79 Å². The summed E-state index contributed by atoms with van der Waals surface area (Å²) in [5.41, 5.74) is 1.15. The molecule has 132 valence electrons. The smallest absolute Gasteiger partial charge is 0.339 e. The average Bonchev–Trinajstić information content (AvgIpc) is 2.55. The minimum Gasteiger partial charge on any atom is -0.490 e. The third-order valence-electron chi connectivity index (χ3n) is 3.22. The highest BCUT2D eigenvalue weighted by Gasteiger charge is 2.16. The van der Waals surface area contributed by atoms with Crippen molar-refractivity contribution in [2.75, 3.05) is 11.9 Å². The highest BCUT2D eigenvalue weighted by molar-refractivity contribution is 6.34. The van der Waals surface area contributed by atoms with E-state index < -0.39 is 5.97 Å². The molecule has 1 N–H and O–H groups in total. The molecule has 0 atom stereocenters. The number of esters is 1. The number of para-hydroxylation sites is 1. The Hall–Kier alpha value is -2.53. The van der Waals surface area contributed by atoms with Crippen molar-refractivity contribution >= 4 is 29.2 Å². The minimum absolute atomic E-state index is 0.0488. The number of anilines is 1. The summed E-state index contributed by atoms with van der Waals surface area (Å²) >= 11 is 6.11. The van der Waals surface area contributed by atoms with Crippen LogP contribution in [0.2, 0.25) is 5.02 Å². The first kappa shape index (κ1) is 18.8. The number of nitrogens with one attached hydrogen (secondary N) is 1. The van der Waals surface area contributed by atoms with Gasteiger partial charge in [-0.2, -0.15) is 0 Å². The van der Waals surface area contributed by atoms with Gasteiger partial charge in [0.05, 0.1) is 28.9 Å². The zero-order valence-corrected chi connectivity index (χ0v) is 15.1. The maximum atomic E-state index is 12.5. The summed E-state index contributed by atoms with van der Waals surface area (Å²) in [6.07, 6.45) is -0.0488. The summed E-state index contributed by atoms with van der Waals surface area (Å²) in [5, 5.41) is 2.97. The molecule has 2 aromatic carbocycles. The van der Waals surface area contributed by atoms with Crippen LogP contribution in [0.1, 0.15) is 41.5 Å². The molecule has 0 saturated heterocycles. The molecule has 0 fully saturated rings. The molecule has 0 spiro atoms. The van der Waals surface area contributed by atoms with E-state index in [1.54, 1.807) is 37.3 Å². The first-order chi connectivity index (χ1) is 11.9. The summed E-state index contributed by atoms with van der Waals surface area (Å²) in [6.45, 7) is 5.77. The fourth-order valence-corrected chi connectivity index (χ4v) is 2.43. The first-order valence-corrected chi connectivity index (χ1v) is 8.34. The van der Waals surface area contributed by atoms with Crippen molar-refractivity contribution < 1.29 is 19.1 Å². The Balaban J connectivity index is 2.19. The Morgan fingerprint density at radius 3 is 2.48 bits per heavy atom. The van der Waals surface area contributed by atoms with Crippen LogP contribution in [0.4, 0.5) is 5.69 Å². The Kier molecular flexibility index (Phi) is 6.42. The van der Waals surface area contributed by atoms with Crippen LogP contribution in [0.15, 0.2) is 42.5 Å². The van der Waals surface area contributed by atoms with Crippen LogP contribution in [-0.4, -0.2) is 24.6 Å². The standard InChI is InChI=1S/C19H20ClNO4/c1-4-24-19(23)14-10-9-13(11-16(14)20)21-18(22)15-7-5-6-8-17(15)25-12(2)3/h5-12H,4H2,1-3H3,(H,21,22). The van der Waals surface area contributed by atoms with Crippen LogP contribution < -0.4 is 10.1 Å². The summed E-state index contributed by atoms with van der Waals surface area (Å²) in [6, 6.07) is 11.6. The SMILES string of the molecule is CCOC(=O)c1ccc(NC(=O)c2ccccc2OC(C)C)cc1Cl. The molecule has 0 saturated carbocycles. The molecule has 6 heteroatoms. The van der Waals surface area contributed by atoms with Gasteiger partial charge >= 0.3 is 5.97 Å². The van der Waals surface area contributed by atoms with E-state index in [-0.39, 0.29) is 29.2 Å². The van der Waals surface area contributed by atoms with Crippen LogP contribution in [-0.2, 0) is 4.74 Å². The number of amides is 1. The third kappa shape index (κ3) is 4.97. The number of carbonyl (C=O) groups is 2. The van der Waals surface area contributed by atoms with Crippen molar-refractivity contribution in [3.63, 3.8) is 0 Å². The number of benzene rings is 2. The van der Waals surface area contributed by atoms with Gasteiger partial charge in [0.15, 0.2) is 0 Å². The molecule has 0 heterocycles. The van der Waals surface area contributed by atoms with Gasteiger partial charge in [0.1, 0.15) is 5.75 Å².